The molecule has 7 heteroatoms. The summed E-state index contributed by atoms with van der Waals surface area (Å²) in [6, 6.07) is 0. The zero-order valence-corrected chi connectivity index (χ0v) is 11.6. The van der Waals surface area contributed by atoms with E-state index in [4.69, 9.17) is 0 Å². The summed E-state index contributed by atoms with van der Waals surface area (Å²) < 4.78 is 0. The minimum atomic E-state index is 0. The normalized spacial score (nSPS) is 7.11. The Balaban J connectivity index is -0.0000000312. The summed E-state index contributed by atoms with van der Waals surface area (Å²) >= 11 is 0. The summed E-state index contributed by atoms with van der Waals surface area (Å²) in [6.07, 6.45) is 0. The van der Waals surface area contributed by atoms with E-state index < -0.39 is 0 Å². The average molecular weight is 317 g/mol. The molecule has 1 heterocycles. The Bertz CT molecular complexity index is 73.5. The van der Waals surface area contributed by atoms with Crippen LogP contribution in [0.15, 0.2) is 5.80 Å². The van der Waals surface area contributed by atoms with Gasteiger partial charge in [-0.1, -0.05) is 7.55 Å². The van der Waals surface area contributed by atoms with Gasteiger partial charge in [0.2, 0.25) is 0 Å². The number of hydrogen-bond donors (Lipinski definition) is 0. The van der Waals surface area contributed by atoms with Crippen LogP contribution in [0.25, 0.3) is 0 Å². The molecule has 9 heavy (non-hydrogen) atoms. The Morgan fingerprint density at radius 3 is 1.89 bits per heavy atom. The Morgan fingerprint density at radius 1 is 1.22 bits per heavy atom. The molecule has 0 N–H and O–H groups in total. The van der Waals surface area contributed by atoms with E-state index >= 15 is 0 Å². The summed E-state index contributed by atoms with van der Waals surface area (Å²) in [5, 5.41) is 0. The maximum absolute atomic E-state index is 3.07. The molecule has 0 aliphatic rings. The Kier molecular flexibility index (Phi) is 42.0. The second kappa shape index (κ2) is 16.8. The molecule has 0 amide bonds. The molecule has 0 fully saturated rings. The molecule has 1 rings (SSSR count). The topological polar surface area (TPSA) is 0 Å². The maximum atomic E-state index is 3.07. The average Bonchev–Trinajstić information content (AvgIpc) is 1.76. The van der Waals surface area contributed by atoms with Gasteiger partial charge in [-0.25, -0.2) is 5.80 Å². The van der Waals surface area contributed by atoms with E-state index in [9.17, 15) is 0 Å². The molecule has 1 aromatic rings. The molecule has 1 unspecified atom stereocenters. The van der Waals surface area contributed by atoms with Crippen LogP contribution < -0.4 is 37.2 Å². The molecular formula is C2H2Cl3P3Zr. The van der Waals surface area contributed by atoms with E-state index in [0.717, 1.165) is 7.87 Å². The van der Waals surface area contributed by atoms with Crippen LogP contribution in [0.3, 0.4) is 0 Å². The van der Waals surface area contributed by atoms with Crippen LogP contribution in [0.2, 0.25) is 0 Å². The molecule has 1 atom stereocenters. The second-order valence-electron chi connectivity index (χ2n) is 0.603. The van der Waals surface area contributed by atoms with Gasteiger partial charge in [-0.2, -0.15) is 0 Å². The fraction of sp³-hybridized carbons (Fsp3) is 0. The molecule has 0 aliphatic carbocycles. The predicted octanol–water partition coefficient (Wildman–Crippen LogP) is -6.31. The van der Waals surface area contributed by atoms with Crippen molar-refractivity contribution in [2.24, 2.45) is 0 Å². The van der Waals surface area contributed by atoms with Gasteiger partial charge in [0.1, 0.15) is 0 Å². The smallest absolute Gasteiger partial charge is 1.00 e. The van der Waals surface area contributed by atoms with Crippen LogP contribution in [0.1, 0.15) is 0 Å². The molecule has 0 bridgehead atoms. The third-order valence-corrected chi connectivity index (χ3v) is 4.59. The van der Waals surface area contributed by atoms with Gasteiger partial charge >= 0.3 is 26.2 Å². The van der Waals surface area contributed by atoms with Crippen LogP contribution >= 0.6 is 23.3 Å². The minimum absolute atomic E-state index is 0. The molecule has 0 spiro atoms. The molecule has 1 aromatic heterocycles. The van der Waals surface area contributed by atoms with Crippen molar-refractivity contribution in [3.63, 3.8) is 0 Å². The molecule has 0 nitrogen and oxygen atoms in total. The van der Waals surface area contributed by atoms with Crippen LogP contribution in [-0.2, 0) is 26.2 Å². The largest absolute Gasteiger partial charge is 4.00 e. The van der Waals surface area contributed by atoms with Crippen molar-refractivity contribution >= 4 is 23.3 Å². The van der Waals surface area contributed by atoms with Gasteiger partial charge in [-0.05, 0) is 0 Å². The second-order valence-corrected chi connectivity index (χ2v) is 5.58. The van der Waals surface area contributed by atoms with Crippen LogP contribution in [0.4, 0.5) is 0 Å². The molecule has 0 aliphatic heterocycles. The summed E-state index contributed by atoms with van der Waals surface area (Å²) in [6.45, 7) is 0. The molecule has 0 saturated heterocycles. The van der Waals surface area contributed by atoms with E-state index in [1.807, 2.05) is 0 Å². The van der Waals surface area contributed by atoms with Crippen molar-refractivity contribution in [3.05, 3.63) is 11.6 Å². The Morgan fingerprint density at radius 2 is 1.78 bits per heavy atom. The quantitative estimate of drug-likeness (QED) is 0.418. The van der Waals surface area contributed by atoms with Crippen molar-refractivity contribution in [2.75, 3.05) is 0 Å². The van der Waals surface area contributed by atoms with Crippen molar-refractivity contribution in [1.29, 1.82) is 0 Å². The van der Waals surface area contributed by atoms with Gasteiger partial charge in [0, 0.05) is 0 Å². The van der Waals surface area contributed by atoms with E-state index in [0.29, 0.717) is 0 Å². The fourth-order valence-electron chi connectivity index (χ4n) is 0.144. The summed E-state index contributed by atoms with van der Waals surface area (Å²) in [7, 11) is 3.93. The minimum Gasteiger partial charge on any atom is -1.00 e. The van der Waals surface area contributed by atoms with Gasteiger partial charge in [0.05, 0.1) is 0 Å². The van der Waals surface area contributed by atoms with Crippen molar-refractivity contribution in [3.8, 4) is 0 Å². The first kappa shape index (κ1) is 22.5. The molecule has 0 aromatic carbocycles. The van der Waals surface area contributed by atoms with Gasteiger partial charge < -0.3 is 43.0 Å². The van der Waals surface area contributed by atoms with Crippen LogP contribution in [-0.4, -0.2) is 0 Å². The van der Waals surface area contributed by atoms with Crippen molar-refractivity contribution < 1.29 is 63.4 Å². The van der Waals surface area contributed by atoms with Crippen LogP contribution in [0, 0.1) is 5.80 Å². The predicted molar refractivity (Wildman–Crippen MR) is 29.8 cm³/mol. The number of hydrogen-bond acceptors (Lipinski definition) is 0. The molecule has 0 radical (unpaired) electrons. The molecule has 0 saturated carbocycles. The third-order valence-electron chi connectivity index (χ3n) is 0.295. The maximum Gasteiger partial charge on any atom is 4.00 e. The first-order valence-electron chi connectivity index (χ1n) is 1.22. The van der Waals surface area contributed by atoms with E-state index in [-0.39, 0.29) is 63.4 Å². The summed E-state index contributed by atoms with van der Waals surface area (Å²) in [5.41, 5.74) is 0. The van der Waals surface area contributed by atoms with E-state index in [1.165, 1.54) is 15.4 Å². The van der Waals surface area contributed by atoms with E-state index in [1.54, 1.807) is 0 Å². The van der Waals surface area contributed by atoms with Gasteiger partial charge in [-0.15, -0.1) is 7.87 Å². The van der Waals surface area contributed by atoms with Gasteiger partial charge in [-0.3, -0.25) is 7.87 Å². The third kappa shape index (κ3) is 13.4. The number of halogens is 3. The standard InChI is InChI=1S/C2H2P3.3ClH.Zr/c1-2-4-5-3-1;;;;/h1,3H;3*1H;/q-1;;;;+4/p-3. The fourth-order valence-corrected chi connectivity index (χ4v) is 3.90. The zero-order chi connectivity index (χ0) is 3.54. The van der Waals surface area contributed by atoms with Gasteiger partial charge in [0.15, 0.2) is 0 Å². The Hall–Kier alpha value is 2.39. The SMILES string of the molecule is [Cl-].[Cl-].[Cl-].[Zr+4].[c-]1c[pH]pp1. The monoisotopic (exact) mass is 314 g/mol. The number of rotatable bonds is 0. The zero-order valence-electron chi connectivity index (χ0n) is 4.11. The van der Waals surface area contributed by atoms with Crippen molar-refractivity contribution in [1.82, 2.24) is 0 Å². The first-order valence-corrected chi connectivity index (χ1v) is 5.64. The molecule has 50 valence electrons. The van der Waals surface area contributed by atoms with E-state index in [2.05, 4.69) is 11.6 Å². The van der Waals surface area contributed by atoms with Crippen molar-refractivity contribution in [2.45, 2.75) is 0 Å². The summed E-state index contributed by atoms with van der Waals surface area (Å²) in [5.74, 6) is 5.18. The van der Waals surface area contributed by atoms with Gasteiger partial charge in [0.25, 0.3) is 0 Å². The Labute approximate surface area is 97.4 Å². The summed E-state index contributed by atoms with van der Waals surface area (Å²) in [4.78, 5) is 0. The first-order chi connectivity index (χ1) is 2.50. The molecular weight excluding hydrogens is 315 g/mol. The van der Waals surface area contributed by atoms with Crippen LogP contribution in [0.5, 0.6) is 0 Å².